The van der Waals surface area contributed by atoms with Crippen molar-refractivity contribution in [2.45, 2.75) is 37.9 Å². The summed E-state index contributed by atoms with van der Waals surface area (Å²) in [5.74, 6) is 1.96. The van der Waals surface area contributed by atoms with Crippen molar-refractivity contribution in [3.05, 3.63) is 24.3 Å². The first-order valence-electron chi connectivity index (χ1n) is 7.64. The lowest BCUT2D eigenvalue weighted by Gasteiger charge is -2.09. The number of rotatable bonds is 9. The van der Waals surface area contributed by atoms with Gasteiger partial charge in [0, 0.05) is 24.3 Å². The van der Waals surface area contributed by atoms with Crippen molar-refractivity contribution in [2.75, 3.05) is 12.9 Å². The molecular weight excluding hydrogens is 312 g/mol. The number of hydrogen-bond donors (Lipinski definition) is 1. The number of ether oxygens (including phenoxy) is 1. The van der Waals surface area contributed by atoms with Gasteiger partial charge < -0.3 is 15.0 Å². The fourth-order valence-electron chi connectivity index (χ4n) is 2.11. The van der Waals surface area contributed by atoms with E-state index in [1.165, 1.54) is 11.8 Å². The van der Waals surface area contributed by atoms with Crippen molar-refractivity contribution < 1.29 is 9.53 Å². The third-order valence-corrected chi connectivity index (χ3v) is 4.35. The van der Waals surface area contributed by atoms with Gasteiger partial charge in [0.05, 0.1) is 7.11 Å². The third-order valence-electron chi connectivity index (χ3n) is 3.38. The molecule has 0 aliphatic heterocycles. The number of nitrogens with two attached hydrogens (primary N) is 1. The van der Waals surface area contributed by atoms with Crippen molar-refractivity contribution in [3.8, 4) is 17.1 Å². The van der Waals surface area contributed by atoms with Gasteiger partial charge in [-0.25, -0.2) is 0 Å². The molecule has 0 aliphatic carbocycles. The lowest BCUT2D eigenvalue weighted by Crippen LogP contribution is -2.11. The summed E-state index contributed by atoms with van der Waals surface area (Å²) < 4.78 is 7.30. The van der Waals surface area contributed by atoms with Gasteiger partial charge in [0.1, 0.15) is 5.75 Å². The van der Waals surface area contributed by atoms with Crippen molar-refractivity contribution in [2.24, 2.45) is 5.73 Å². The molecule has 0 saturated heterocycles. The van der Waals surface area contributed by atoms with Crippen molar-refractivity contribution in [3.63, 3.8) is 0 Å². The van der Waals surface area contributed by atoms with E-state index in [1.807, 2.05) is 24.3 Å². The minimum Gasteiger partial charge on any atom is -0.497 e. The molecule has 23 heavy (non-hydrogen) atoms. The number of hydrogen-bond acceptors (Lipinski definition) is 5. The number of methoxy groups -OCH3 is 1. The molecule has 6 nitrogen and oxygen atoms in total. The zero-order valence-corrected chi connectivity index (χ0v) is 14.3. The molecule has 0 radical (unpaired) electrons. The Balaban J connectivity index is 2.23. The van der Waals surface area contributed by atoms with Crippen LogP contribution in [0.2, 0.25) is 0 Å². The number of aromatic nitrogens is 3. The Labute approximate surface area is 140 Å². The first kappa shape index (κ1) is 17.3. The van der Waals surface area contributed by atoms with Gasteiger partial charge in [-0.15, -0.1) is 10.2 Å². The fraction of sp³-hybridized carbons (Fsp3) is 0.438. The zero-order valence-electron chi connectivity index (χ0n) is 13.5. The minimum absolute atomic E-state index is 0.299. The van der Waals surface area contributed by atoms with Crippen LogP contribution >= 0.6 is 11.8 Å². The third kappa shape index (κ3) is 4.72. The molecule has 0 spiro atoms. The molecule has 0 atom stereocenters. The van der Waals surface area contributed by atoms with Gasteiger partial charge in [-0.3, -0.25) is 4.79 Å². The summed E-state index contributed by atoms with van der Waals surface area (Å²) in [5, 5.41) is 9.43. The Morgan fingerprint density at radius 3 is 2.65 bits per heavy atom. The van der Waals surface area contributed by atoms with E-state index in [0.717, 1.165) is 41.7 Å². The van der Waals surface area contributed by atoms with E-state index >= 15 is 0 Å². The number of unbranched alkanes of at least 4 members (excludes halogenated alkanes) is 1. The predicted molar refractivity (Wildman–Crippen MR) is 91.5 cm³/mol. The van der Waals surface area contributed by atoms with E-state index in [0.29, 0.717) is 12.2 Å². The number of thioether (sulfide) groups is 1. The van der Waals surface area contributed by atoms with Gasteiger partial charge in [0.15, 0.2) is 11.0 Å². The molecule has 2 rings (SSSR count). The Hall–Kier alpha value is -2.02. The maximum Gasteiger partial charge on any atom is 0.218 e. The maximum atomic E-state index is 10.9. The number of carbonyl (C=O) groups is 1. The number of primary amides is 1. The first-order valence-corrected chi connectivity index (χ1v) is 8.63. The molecular formula is C16H22N4O2S. The van der Waals surface area contributed by atoms with E-state index in [4.69, 9.17) is 10.5 Å². The molecule has 0 bridgehead atoms. The summed E-state index contributed by atoms with van der Waals surface area (Å²) >= 11 is 1.51. The molecule has 1 aromatic carbocycles. The van der Waals surface area contributed by atoms with Gasteiger partial charge in [-0.2, -0.15) is 0 Å². The lowest BCUT2D eigenvalue weighted by molar-refractivity contribution is -0.117. The summed E-state index contributed by atoms with van der Waals surface area (Å²) in [6.07, 6.45) is 2.47. The lowest BCUT2D eigenvalue weighted by atomic mass is 10.2. The molecule has 7 heteroatoms. The van der Waals surface area contributed by atoms with E-state index in [1.54, 1.807) is 7.11 Å². The van der Waals surface area contributed by atoms with Crippen LogP contribution < -0.4 is 10.5 Å². The van der Waals surface area contributed by atoms with Gasteiger partial charge in [0.2, 0.25) is 5.91 Å². The first-order chi connectivity index (χ1) is 11.2. The average molecular weight is 334 g/mol. The molecule has 1 aromatic heterocycles. The Bertz CT molecular complexity index is 640. The SMILES string of the molecule is CCCCn1c(SCCC(N)=O)nnc1-c1ccc(OC)cc1. The zero-order chi connectivity index (χ0) is 16.7. The van der Waals surface area contributed by atoms with E-state index < -0.39 is 0 Å². The van der Waals surface area contributed by atoms with E-state index in [2.05, 4.69) is 21.7 Å². The standard InChI is InChI=1S/C16H22N4O2S/c1-3-4-10-20-15(12-5-7-13(22-2)8-6-12)18-19-16(20)23-11-9-14(17)21/h5-8H,3-4,9-11H2,1-2H3,(H2,17,21). The fourth-order valence-corrected chi connectivity index (χ4v) is 3.03. The average Bonchev–Trinajstić information content (AvgIpc) is 2.95. The summed E-state index contributed by atoms with van der Waals surface area (Å²) in [5.41, 5.74) is 6.19. The molecule has 2 aromatic rings. The van der Waals surface area contributed by atoms with Crippen LogP contribution in [-0.4, -0.2) is 33.5 Å². The normalized spacial score (nSPS) is 10.7. The number of carbonyl (C=O) groups excluding carboxylic acids is 1. The van der Waals surface area contributed by atoms with Gasteiger partial charge in [-0.05, 0) is 30.7 Å². The second-order valence-corrected chi connectivity index (χ2v) is 6.17. The monoisotopic (exact) mass is 334 g/mol. The summed E-state index contributed by atoms with van der Waals surface area (Å²) in [6.45, 7) is 3.00. The van der Waals surface area contributed by atoms with Crippen molar-refractivity contribution in [1.29, 1.82) is 0 Å². The van der Waals surface area contributed by atoms with Crippen LogP contribution in [0.5, 0.6) is 5.75 Å². The van der Waals surface area contributed by atoms with Gasteiger partial charge in [-0.1, -0.05) is 25.1 Å². The number of nitrogens with zero attached hydrogens (tertiary/aromatic N) is 3. The highest BCUT2D eigenvalue weighted by Gasteiger charge is 2.14. The number of amides is 1. The summed E-state index contributed by atoms with van der Waals surface area (Å²) in [4.78, 5) is 10.9. The van der Waals surface area contributed by atoms with Gasteiger partial charge in [0.25, 0.3) is 0 Å². The van der Waals surface area contributed by atoms with Crippen molar-refractivity contribution >= 4 is 17.7 Å². The quantitative estimate of drug-likeness (QED) is 0.713. The van der Waals surface area contributed by atoms with Crippen LogP contribution in [0.1, 0.15) is 26.2 Å². The Morgan fingerprint density at radius 1 is 1.30 bits per heavy atom. The smallest absolute Gasteiger partial charge is 0.218 e. The molecule has 1 heterocycles. The second-order valence-electron chi connectivity index (χ2n) is 5.10. The van der Waals surface area contributed by atoms with Crippen LogP contribution in [0.3, 0.4) is 0 Å². The highest BCUT2D eigenvalue weighted by molar-refractivity contribution is 7.99. The highest BCUT2D eigenvalue weighted by atomic mass is 32.2. The minimum atomic E-state index is -0.299. The topological polar surface area (TPSA) is 83.0 Å². The number of benzene rings is 1. The Kier molecular flexibility index (Phi) is 6.46. The molecule has 0 fully saturated rings. The molecule has 0 saturated carbocycles. The molecule has 0 aliphatic rings. The van der Waals surface area contributed by atoms with Crippen molar-refractivity contribution in [1.82, 2.24) is 14.8 Å². The largest absolute Gasteiger partial charge is 0.497 e. The summed E-state index contributed by atoms with van der Waals surface area (Å²) in [6, 6.07) is 7.77. The van der Waals surface area contributed by atoms with E-state index in [-0.39, 0.29) is 5.91 Å². The maximum absolute atomic E-state index is 10.9. The molecule has 1 amide bonds. The predicted octanol–water partition coefficient (Wildman–Crippen LogP) is 2.72. The Morgan fingerprint density at radius 2 is 2.04 bits per heavy atom. The summed E-state index contributed by atoms with van der Waals surface area (Å²) in [7, 11) is 1.65. The van der Waals surface area contributed by atoms with Crippen LogP contribution in [-0.2, 0) is 11.3 Å². The molecule has 2 N–H and O–H groups in total. The van der Waals surface area contributed by atoms with Crippen LogP contribution in [0.25, 0.3) is 11.4 Å². The molecule has 124 valence electrons. The van der Waals surface area contributed by atoms with E-state index in [9.17, 15) is 4.79 Å². The second kappa shape index (κ2) is 8.57. The highest BCUT2D eigenvalue weighted by Crippen LogP contribution is 2.26. The van der Waals surface area contributed by atoms with Crippen LogP contribution in [0.4, 0.5) is 0 Å². The van der Waals surface area contributed by atoms with Crippen LogP contribution in [0, 0.1) is 0 Å². The van der Waals surface area contributed by atoms with Crippen LogP contribution in [0.15, 0.2) is 29.4 Å². The molecule has 0 unspecified atom stereocenters. The van der Waals surface area contributed by atoms with Gasteiger partial charge >= 0.3 is 0 Å².